The number of fused-ring (bicyclic) bond motifs is 5. The zero-order valence-electron chi connectivity index (χ0n) is 28.5. The minimum Gasteiger partial charge on any atom is -0.316 e. The van der Waals surface area contributed by atoms with Gasteiger partial charge in [-0.1, -0.05) is 146 Å². The minimum absolute atomic E-state index is 1.14. The van der Waals surface area contributed by atoms with Gasteiger partial charge < -0.3 is 9.13 Å². The first-order valence-corrected chi connectivity index (χ1v) is 17.8. The number of benzene rings is 8. The van der Waals surface area contributed by atoms with Crippen molar-refractivity contribution in [1.29, 1.82) is 0 Å². The average molecular weight is 663 g/mol. The maximum absolute atomic E-state index is 2.44. The van der Waals surface area contributed by atoms with E-state index in [2.05, 4.69) is 216 Å². The summed E-state index contributed by atoms with van der Waals surface area (Å²) in [5.41, 5.74) is 15.6. The highest BCUT2D eigenvalue weighted by molar-refractivity contribution is 6.19. The summed E-state index contributed by atoms with van der Waals surface area (Å²) in [5, 5.41) is 3.71. The molecule has 2 heteroatoms. The number of nitrogens with zero attached hydrogens (tertiary/aromatic N) is 2. The third-order valence-corrected chi connectivity index (χ3v) is 10.3. The van der Waals surface area contributed by atoms with E-state index in [1.54, 1.807) is 0 Å². The lowest BCUT2D eigenvalue weighted by atomic mass is 9.98. The predicted molar refractivity (Wildman–Crippen MR) is 219 cm³/mol. The second kappa shape index (κ2) is 12.5. The van der Waals surface area contributed by atoms with Gasteiger partial charge in [-0.3, -0.25) is 0 Å². The van der Waals surface area contributed by atoms with Gasteiger partial charge in [0, 0.05) is 33.7 Å². The molecule has 0 fully saturated rings. The monoisotopic (exact) mass is 662 g/mol. The van der Waals surface area contributed by atoms with Gasteiger partial charge in [0.05, 0.1) is 16.6 Å². The number of hydrogen-bond acceptors (Lipinski definition) is 0. The van der Waals surface area contributed by atoms with Crippen molar-refractivity contribution >= 4 is 32.7 Å². The minimum atomic E-state index is 1.14. The summed E-state index contributed by atoms with van der Waals surface area (Å²) in [5.74, 6) is 0. The maximum atomic E-state index is 2.44. The smallest absolute Gasteiger partial charge is 0.0635 e. The molecule has 2 nitrogen and oxygen atoms in total. The fourth-order valence-electron chi connectivity index (χ4n) is 7.81. The number of aromatic nitrogens is 2. The average Bonchev–Trinajstić information content (AvgIpc) is 3.81. The summed E-state index contributed by atoms with van der Waals surface area (Å²) in [6.45, 7) is 0. The molecule has 0 aliphatic carbocycles. The Morgan fingerprint density at radius 3 is 1.35 bits per heavy atom. The molecule has 8 aromatic carbocycles. The molecule has 10 aromatic rings. The van der Waals surface area contributed by atoms with Crippen LogP contribution >= 0.6 is 0 Å². The lowest BCUT2D eigenvalue weighted by Crippen LogP contribution is -1.96. The standard InChI is InChI=1S/C50H34N2/c1-5-13-35(14-6-1)38-21-23-39(24-22-38)40-25-27-49-47(34-40)45-26-28-48-46(50(45)52(49)43-19-11-4-12-20-43)29-30-51(48)44-32-41(36-15-7-2-8-16-36)31-42(33-44)37-17-9-3-10-18-37/h1-34H. The Morgan fingerprint density at radius 2 is 0.750 bits per heavy atom. The molecule has 0 unspecified atom stereocenters. The molecular formula is C50H34N2. The normalized spacial score (nSPS) is 11.5. The Hall–Kier alpha value is -6.90. The lowest BCUT2D eigenvalue weighted by molar-refractivity contribution is 1.13. The van der Waals surface area contributed by atoms with Crippen molar-refractivity contribution in [2.45, 2.75) is 0 Å². The van der Waals surface area contributed by atoms with Gasteiger partial charge in [0.15, 0.2) is 0 Å². The van der Waals surface area contributed by atoms with Gasteiger partial charge >= 0.3 is 0 Å². The summed E-state index contributed by atoms with van der Waals surface area (Å²) >= 11 is 0. The summed E-state index contributed by atoms with van der Waals surface area (Å²) < 4.78 is 4.79. The van der Waals surface area contributed by atoms with Crippen molar-refractivity contribution in [2.75, 3.05) is 0 Å². The van der Waals surface area contributed by atoms with E-state index in [0.717, 1.165) is 11.4 Å². The molecule has 0 saturated heterocycles. The third-order valence-electron chi connectivity index (χ3n) is 10.3. The van der Waals surface area contributed by atoms with Crippen LogP contribution in [-0.4, -0.2) is 9.13 Å². The highest BCUT2D eigenvalue weighted by Gasteiger charge is 2.18. The van der Waals surface area contributed by atoms with Crippen LogP contribution in [0.15, 0.2) is 206 Å². The summed E-state index contributed by atoms with van der Waals surface area (Å²) in [7, 11) is 0. The third kappa shape index (κ3) is 5.12. The zero-order chi connectivity index (χ0) is 34.4. The molecule has 244 valence electrons. The van der Waals surface area contributed by atoms with Crippen LogP contribution < -0.4 is 0 Å². The summed E-state index contributed by atoms with van der Waals surface area (Å²) in [6.07, 6.45) is 2.23. The van der Waals surface area contributed by atoms with E-state index in [1.165, 1.54) is 77.2 Å². The van der Waals surface area contributed by atoms with Crippen molar-refractivity contribution in [1.82, 2.24) is 9.13 Å². The first-order valence-electron chi connectivity index (χ1n) is 17.8. The largest absolute Gasteiger partial charge is 0.316 e. The zero-order valence-corrected chi connectivity index (χ0v) is 28.5. The van der Waals surface area contributed by atoms with Crippen molar-refractivity contribution < 1.29 is 0 Å². The van der Waals surface area contributed by atoms with E-state index < -0.39 is 0 Å². The van der Waals surface area contributed by atoms with Crippen LogP contribution in [0.3, 0.4) is 0 Å². The molecule has 0 radical (unpaired) electrons. The van der Waals surface area contributed by atoms with Gasteiger partial charge in [-0.15, -0.1) is 0 Å². The molecule has 0 bridgehead atoms. The fraction of sp³-hybridized carbons (Fsp3) is 0. The SMILES string of the molecule is c1ccc(-c2ccc(-c3ccc4c(c3)c3ccc5c(ccn5-c5cc(-c6ccccc6)cc(-c6ccccc6)c5)c3n4-c3ccccc3)cc2)cc1. The molecule has 0 amide bonds. The lowest BCUT2D eigenvalue weighted by Gasteiger charge is -2.13. The van der Waals surface area contributed by atoms with E-state index in [0.29, 0.717) is 0 Å². The molecule has 2 heterocycles. The molecule has 0 spiro atoms. The van der Waals surface area contributed by atoms with Crippen LogP contribution in [-0.2, 0) is 0 Å². The second-order valence-electron chi connectivity index (χ2n) is 13.4. The van der Waals surface area contributed by atoms with Gasteiger partial charge in [-0.25, -0.2) is 0 Å². The first kappa shape index (κ1) is 30.0. The van der Waals surface area contributed by atoms with Crippen molar-refractivity contribution in [3.8, 4) is 55.9 Å². The molecule has 10 rings (SSSR count). The molecule has 0 N–H and O–H groups in total. The Labute approximate surface area is 303 Å². The summed E-state index contributed by atoms with van der Waals surface area (Å²) in [4.78, 5) is 0. The van der Waals surface area contributed by atoms with Crippen molar-refractivity contribution in [3.05, 3.63) is 206 Å². The van der Waals surface area contributed by atoms with Crippen molar-refractivity contribution in [3.63, 3.8) is 0 Å². The topological polar surface area (TPSA) is 9.86 Å². The number of rotatable bonds is 6. The van der Waals surface area contributed by atoms with E-state index in [-0.39, 0.29) is 0 Å². The molecule has 0 saturated carbocycles. The van der Waals surface area contributed by atoms with Gasteiger partial charge in [0.1, 0.15) is 0 Å². The quantitative estimate of drug-likeness (QED) is 0.168. The van der Waals surface area contributed by atoms with Crippen LogP contribution in [0.1, 0.15) is 0 Å². The molecule has 0 atom stereocenters. The Balaban J connectivity index is 1.17. The molecular weight excluding hydrogens is 629 g/mol. The second-order valence-corrected chi connectivity index (χ2v) is 13.4. The Bertz CT molecular complexity index is 2790. The number of hydrogen-bond donors (Lipinski definition) is 0. The molecule has 0 aliphatic heterocycles. The van der Waals surface area contributed by atoms with Gasteiger partial charge in [-0.05, 0) is 99.1 Å². The van der Waals surface area contributed by atoms with Gasteiger partial charge in [0.2, 0.25) is 0 Å². The van der Waals surface area contributed by atoms with Gasteiger partial charge in [-0.2, -0.15) is 0 Å². The van der Waals surface area contributed by atoms with E-state index in [9.17, 15) is 0 Å². The van der Waals surface area contributed by atoms with E-state index in [4.69, 9.17) is 0 Å². The summed E-state index contributed by atoms with van der Waals surface area (Å²) in [6, 6.07) is 72.4. The van der Waals surface area contributed by atoms with Crippen LogP contribution in [0.4, 0.5) is 0 Å². The molecule has 0 aliphatic rings. The van der Waals surface area contributed by atoms with Gasteiger partial charge in [0.25, 0.3) is 0 Å². The Kier molecular flexibility index (Phi) is 7.18. The van der Waals surface area contributed by atoms with E-state index >= 15 is 0 Å². The number of para-hydroxylation sites is 1. The van der Waals surface area contributed by atoms with Crippen LogP contribution in [0.5, 0.6) is 0 Å². The molecule has 2 aromatic heterocycles. The highest BCUT2D eigenvalue weighted by Crippen LogP contribution is 2.40. The Morgan fingerprint density at radius 1 is 0.269 bits per heavy atom. The maximum Gasteiger partial charge on any atom is 0.0635 e. The highest BCUT2D eigenvalue weighted by atomic mass is 15.0. The fourth-order valence-corrected chi connectivity index (χ4v) is 7.81. The molecule has 52 heavy (non-hydrogen) atoms. The van der Waals surface area contributed by atoms with Crippen LogP contribution in [0.2, 0.25) is 0 Å². The van der Waals surface area contributed by atoms with Crippen LogP contribution in [0, 0.1) is 0 Å². The van der Waals surface area contributed by atoms with Crippen LogP contribution in [0.25, 0.3) is 88.6 Å². The van der Waals surface area contributed by atoms with Crippen molar-refractivity contribution in [2.24, 2.45) is 0 Å². The predicted octanol–water partition coefficient (Wildman–Crippen LogP) is 13.4. The van der Waals surface area contributed by atoms with E-state index in [1.807, 2.05) is 0 Å². The first-order chi connectivity index (χ1) is 25.8.